The minimum absolute atomic E-state index is 0.663. The Labute approximate surface area is 61.3 Å². The van der Waals surface area contributed by atoms with Crippen LogP contribution in [-0.4, -0.2) is 12.6 Å². The van der Waals surface area contributed by atoms with Crippen LogP contribution in [0.3, 0.4) is 0 Å². The minimum atomic E-state index is 0.663. The third kappa shape index (κ3) is 1.96. The molecule has 0 aromatic rings. The molecule has 0 aromatic carbocycles. The molecule has 0 heterocycles. The summed E-state index contributed by atoms with van der Waals surface area (Å²) < 4.78 is 0. The molecule has 2 unspecified atom stereocenters. The van der Waals surface area contributed by atoms with Crippen molar-refractivity contribution in [3.8, 4) is 0 Å². The van der Waals surface area contributed by atoms with Crippen LogP contribution in [0.2, 0.25) is 0 Å². The summed E-state index contributed by atoms with van der Waals surface area (Å²) in [7, 11) is 0. The van der Waals surface area contributed by atoms with E-state index in [4.69, 9.17) is 0 Å². The van der Waals surface area contributed by atoms with Crippen LogP contribution in [0.4, 0.5) is 0 Å². The van der Waals surface area contributed by atoms with Crippen molar-refractivity contribution in [2.75, 3.05) is 6.54 Å². The van der Waals surface area contributed by atoms with E-state index >= 15 is 0 Å². The highest BCUT2D eigenvalue weighted by Gasteiger charge is 2.20. The first-order chi connectivity index (χ1) is 4.83. The number of nitrogens with zero attached hydrogens (tertiary/aromatic N) is 1. The van der Waals surface area contributed by atoms with Crippen molar-refractivity contribution in [3.63, 3.8) is 0 Å². The minimum Gasteiger partial charge on any atom is -0.211 e. The van der Waals surface area contributed by atoms with E-state index in [2.05, 4.69) is 11.9 Å². The summed E-state index contributed by atoms with van der Waals surface area (Å²) in [4.78, 5) is 13.3. The van der Waals surface area contributed by atoms with Gasteiger partial charge in [0.15, 0.2) is 0 Å². The Morgan fingerprint density at radius 3 is 2.90 bits per heavy atom. The molecule has 1 fully saturated rings. The number of aliphatic imine (C=N–C) groups is 1. The van der Waals surface area contributed by atoms with Gasteiger partial charge >= 0.3 is 0 Å². The average Bonchev–Trinajstić information content (AvgIpc) is 2.31. The molecule has 2 heteroatoms. The molecule has 10 heavy (non-hydrogen) atoms. The molecule has 1 aliphatic rings. The maximum atomic E-state index is 9.75. The standard InChI is InChI=1S/C8H13NO/c1-7-2-3-8(4-7)5-9-6-10/h7-8H,2-5H2,1H3. The summed E-state index contributed by atoms with van der Waals surface area (Å²) in [6.07, 6.45) is 5.37. The van der Waals surface area contributed by atoms with Crippen molar-refractivity contribution < 1.29 is 4.79 Å². The molecular formula is C8H13NO. The highest BCUT2D eigenvalue weighted by molar-refractivity contribution is 5.32. The maximum Gasteiger partial charge on any atom is 0.234 e. The summed E-state index contributed by atoms with van der Waals surface area (Å²) in [5.41, 5.74) is 0. The lowest BCUT2D eigenvalue weighted by atomic mass is 10.1. The monoisotopic (exact) mass is 139 g/mol. The van der Waals surface area contributed by atoms with Crippen molar-refractivity contribution in [3.05, 3.63) is 0 Å². The van der Waals surface area contributed by atoms with Gasteiger partial charge in [-0.15, -0.1) is 0 Å². The number of isocyanates is 1. The summed E-state index contributed by atoms with van der Waals surface area (Å²) in [6, 6.07) is 0. The first-order valence-corrected chi connectivity index (χ1v) is 3.86. The third-order valence-electron chi connectivity index (χ3n) is 2.22. The first-order valence-electron chi connectivity index (χ1n) is 3.86. The Hall–Kier alpha value is -0.620. The highest BCUT2D eigenvalue weighted by atomic mass is 16.1. The topological polar surface area (TPSA) is 29.4 Å². The van der Waals surface area contributed by atoms with Crippen molar-refractivity contribution in [1.29, 1.82) is 0 Å². The summed E-state index contributed by atoms with van der Waals surface area (Å²) in [6.45, 7) is 2.96. The summed E-state index contributed by atoms with van der Waals surface area (Å²) >= 11 is 0. The smallest absolute Gasteiger partial charge is 0.211 e. The zero-order valence-electron chi connectivity index (χ0n) is 6.34. The molecule has 1 rings (SSSR count). The lowest BCUT2D eigenvalue weighted by molar-refractivity contribution is 0.518. The molecule has 2 atom stereocenters. The Kier molecular flexibility index (Phi) is 2.64. The van der Waals surface area contributed by atoms with Crippen LogP contribution in [0.15, 0.2) is 4.99 Å². The van der Waals surface area contributed by atoms with Gasteiger partial charge in [-0.1, -0.05) is 13.3 Å². The second-order valence-electron chi connectivity index (χ2n) is 3.22. The van der Waals surface area contributed by atoms with Gasteiger partial charge in [0, 0.05) is 0 Å². The van der Waals surface area contributed by atoms with Crippen molar-refractivity contribution in [2.45, 2.75) is 26.2 Å². The fourth-order valence-electron chi connectivity index (χ4n) is 1.66. The summed E-state index contributed by atoms with van der Waals surface area (Å²) in [5.74, 6) is 1.50. The summed E-state index contributed by atoms with van der Waals surface area (Å²) in [5, 5.41) is 0. The highest BCUT2D eigenvalue weighted by Crippen LogP contribution is 2.30. The largest absolute Gasteiger partial charge is 0.234 e. The maximum absolute atomic E-state index is 9.75. The first kappa shape index (κ1) is 7.49. The molecule has 2 nitrogen and oxygen atoms in total. The zero-order chi connectivity index (χ0) is 7.40. The van der Waals surface area contributed by atoms with E-state index in [1.165, 1.54) is 19.3 Å². The van der Waals surface area contributed by atoms with Crippen LogP contribution < -0.4 is 0 Å². The van der Waals surface area contributed by atoms with E-state index in [1.54, 1.807) is 6.08 Å². The van der Waals surface area contributed by atoms with Crippen LogP contribution in [0, 0.1) is 11.8 Å². The quantitative estimate of drug-likeness (QED) is 0.423. The van der Waals surface area contributed by atoms with E-state index in [0.717, 1.165) is 5.92 Å². The molecule has 0 aromatic heterocycles. The van der Waals surface area contributed by atoms with Crippen LogP contribution in [0.5, 0.6) is 0 Å². The molecule has 1 aliphatic carbocycles. The third-order valence-corrected chi connectivity index (χ3v) is 2.22. The normalized spacial score (nSPS) is 31.7. The SMILES string of the molecule is CC1CCC(CN=C=O)C1. The van der Waals surface area contributed by atoms with E-state index in [9.17, 15) is 4.79 Å². The predicted octanol–water partition coefficient (Wildman–Crippen LogP) is 1.76. The predicted molar refractivity (Wildman–Crippen MR) is 39.5 cm³/mol. The van der Waals surface area contributed by atoms with Crippen LogP contribution in [0.25, 0.3) is 0 Å². The van der Waals surface area contributed by atoms with Gasteiger partial charge in [0.25, 0.3) is 0 Å². The van der Waals surface area contributed by atoms with E-state index in [1.807, 2.05) is 0 Å². The lowest BCUT2D eigenvalue weighted by Gasteiger charge is -2.01. The molecule has 0 radical (unpaired) electrons. The Balaban J connectivity index is 2.24. The van der Waals surface area contributed by atoms with Gasteiger partial charge in [0.05, 0.1) is 6.54 Å². The van der Waals surface area contributed by atoms with Crippen molar-refractivity contribution in [1.82, 2.24) is 0 Å². The van der Waals surface area contributed by atoms with Crippen LogP contribution in [0.1, 0.15) is 26.2 Å². The Morgan fingerprint density at radius 2 is 2.40 bits per heavy atom. The average molecular weight is 139 g/mol. The number of rotatable bonds is 2. The van der Waals surface area contributed by atoms with Gasteiger partial charge in [0.1, 0.15) is 0 Å². The molecule has 0 amide bonds. The van der Waals surface area contributed by atoms with Gasteiger partial charge in [0.2, 0.25) is 6.08 Å². The number of hydrogen-bond acceptors (Lipinski definition) is 2. The van der Waals surface area contributed by atoms with Gasteiger partial charge in [-0.25, -0.2) is 9.79 Å². The fraction of sp³-hybridized carbons (Fsp3) is 0.875. The van der Waals surface area contributed by atoms with Gasteiger partial charge < -0.3 is 0 Å². The van der Waals surface area contributed by atoms with Crippen molar-refractivity contribution >= 4 is 6.08 Å². The molecule has 0 aliphatic heterocycles. The molecule has 0 spiro atoms. The molecule has 0 N–H and O–H groups in total. The van der Waals surface area contributed by atoms with E-state index in [-0.39, 0.29) is 0 Å². The lowest BCUT2D eigenvalue weighted by Crippen LogP contribution is -1.98. The molecule has 0 saturated heterocycles. The van der Waals surface area contributed by atoms with Crippen LogP contribution >= 0.6 is 0 Å². The van der Waals surface area contributed by atoms with Gasteiger partial charge in [-0.2, -0.15) is 0 Å². The Morgan fingerprint density at radius 1 is 1.60 bits per heavy atom. The zero-order valence-corrected chi connectivity index (χ0v) is 6.34. The van der Waals surface area contributed by atoms with E-state index in [0.29, 0.717) is 12.5 Å². The van der Waals surface area contributed by atoms with Gasteiger partial charge in [-0.3, -0.25) is 0 Å². The number of hydrogen-bond donors (Lipinski definition) is 0. The molecule has 1 saturated carbocycles. The molecule has 56 valence electrons. The van der Waals surface area contributed by atoms with Gasteiger partial charge in [-0.05, 0) is 24.7 Å². The van der Waals surface area contributed by atoms with E-state index < -0.39 is 0 Å². The second kappa shape index (κ2) is 3.52. The molecule has 0 bridgehead atoms. The van der Waals surface area contributed by atoms with Crippen molar-refractivity contribution in [2.24, 2.45) is 16.8 Å². The Bertz CT molecular complexity index is 149. The molecular weight excluding hydrogens is 126 g/mol. The second-order valence-corrected chi connectivity index (χ2v) is 3.22. The fourth-order valence-corrected chi connectivity index (χ4v) is 1.66. The number of carbonyl (C=O) groups excluding carboxylic acids is 1. The van der Waals surface area contributed by atoms with Crippen LogP contribution in [-0.2, 0) is 4.79 Å².